The van der Waals surface area contributed by atoms with Crippen molar-refractivity contribution in [1.82, 2.24) is 9.78 Å². The molecule has 0 fully saturated rings. The molecular formula is C13H17N3O. The van der Waals surface area contributed by atoms with E-state index in [2.05, 4.69) is 5.10 Å². The second-order valence-corrected chi connectivity index (χ2v) is 3.95. The van der Waals surface area contributed by atoms with Gasteiger partial charge in [-0.3, -0.25) is 4.68 Å². The highest BCUT2D eigenvalue weighted by Gasteiger charge is 2.03. The number of aryl methyl sites for hydroxylation is 2. The molecule has 1 aromatic heterocycles. The summed E-state index contributed by atoms with van der Waals surface area (Å²) >= 11 is 0. The predicted molar refractivity (Wildman–Crippen MR) is 67.2 cm³/mol. The van der Waals surface area contributed by atoms with Crippen LogP contribution in [0.3, 0.4) is 0 Å². The van der Waals surface area contributed by atoms with Crippen molar-refractivity contribution in [2.45, 2.75) is 19.9 Å². The fourth-order valence-corrected chi connectivity index (χ4v) is 1.57. The van der Waals surface area contributed by atoms with Gasteiger partial charge in [-0.25, -0.2) is 0 Å². The highest BCUT2D eigenvalue weighted by Crippen LogP contribution is 2.23. The van der Waals surface area contributed by atoms with E-state index in [0.717, 1.165) is 30.0 Å². The molecule has 0 spiro atoms. The number of nitrogens with two attached hydrogens (primary N) is 1. The fourth-order valence-electron chi connectivity index (χ4n) is 1.57. The largest absolute Gasteiger partial charge is 0.454 e. The summed E-state index contributed by atoms with van der Waals surface area (Å²) in [6.45, 7) is 3.52. The summed E-state index contributed by atoms with van der Waals surface area (Å²) in [4.78, 5) is 0. The second-order valence-electron chi connectivity index (χ2n) is 3.95. The molecule has 17 heavy (non-hydrogen) atoms. The van der Waals surface area contributed by atoms with Gasteiger partial charge in [0.1, 0.15) is 5.75 Å². The number of aromatic nitrogens is 2. The highest BCUT2D eigenvalue weighted by atomic mass is 16.5. The summed E-state index contributed by atoms with van der Waals surface area (Å²) in [5.41, 5.74) is 6.57. The van der Waals surface area contributed by atoms with Crippen molar-refractivity contribution in [1.29, 1.82) is 0 Å². The molecule has 1 aromatic carbocycles. The van der Waals surface area contributed by atoms with Gasteiger partial charge in [-0.1, -0.05) is 18.2 Å². The zero-order valence-corrected chi connectivity index (χ0v) is 9.97. The van der Waals surface area contributed by atoms with Crippen molar-refractivity contribution in [3.05, 3.63) is 42.2 Å². The van der Waals surface area contributed by atoms with Crippen LogP contribution >= 0.6 is 0 Å². The average Bonchev–Trinajstić information content (AvgIpc) is 2.77. The first kappa shape index (κ1) is 11.7. The molecule has 2 aromatic rings. The zero-order valence-electron chi connectivity index (χ0n) is 9.97. The van der Waals surface area contributed by atoms with Gasteiger partial charge in [0.15, 0.2) is 5.75 Å². The van der Waals surface area contributed by atoms with Gasteiger partial charge < -0.3 is 10.5 Å². The Morgan fingerprint density at radius 3 is 2.94 bits per heavy atom. The first-order valence-corrected chi connectivity index (χ1v) is 5.75. The molecule has 0 aliphatic carbocycles. The highest BCUT2D eigenvalue weighted by molar-refractivity contribution is 5.35. The molecule has 0 saturated heterocycles. The summed E-state index contributed by atoms with van der Waals surface area (Å²) in [5, 5.41) is 4.22. The van der Waals surface area contributed by atoms with Crippen molar-refractivity contribution >= 4 is 0 Å². The molecule has 4 heteroatoms. The van der Waals surface area contributed by atoms with Gasteiger partial charge in [-0.15, -0.1) is 0 Å². The lowest BCUT2D eigenvalue weighted by Gasteiger charge is -2.05. The molecule has 2 N–H and O–H groups in total. The van der Waals surface area contributed by atoms with E-state index in [-0.39, 0.29) is 0 Å². The minimum absolute atomic E-state index is 0.674. The Hall–Kier alpha value is -1.81. The summed E-state index contributed by atoms with van der Waals surface area (Å²) in [6.07, 6.45) is 4.54. The molecule has 1 heterocycles. The molecule has 0 radical (unpaired) electrons. The van der Waals surface area contributed by atoms with Gasteiger partial charge in [0.05, 0.1) is 12.4 Å². The molecule has 0 aliphatic rings. The summed E-state index contributed by atoms with van der Waals surface area (Å²) in [7, 11) is 0. The molecule has 0 saturated carbocycles. The van der Waals surface area contributed by atoms with E-state index >= 15 is 0 Å². The van der Waals surface area contributed by atoms with Crippen LogP contribution in [0.4, 0.5) is 0 Å². The third-order valence-corrected chi connectivity index (χ3v) is 2.52. The SMILES string of the molecule is Cc1ccccc1Oc1cnn(CCCN)c1. The van der Waals surface area contributed by atoms with E-state index in [4.69, 9.17) is 10.5 Å². The van der Waals surface area contributed by atoms with Gasteiger partial charge in [-0.2, -0.15) is 5.10 Å². The van der Waals surface area contributed by atoms with Crippen molar-refractivity contribution in [3.8, 4) is 11.5 Å². The van der Waals surface area contributed by atoms with E-state index in [1.165, 1.54) is 0 Å². The Balaban J connectivity index is 2.04. The quantitative estimate of drug-likeness (QED) is 0.859. The topological polar surface area (TPSA) is 53.1 Å². The summed E-state index contributed by atoms with van der Waals surface area (Å²) < 4.78 is 7.60. The molecule has 0 unspecified atom stereocenters. The van der Waals surface area contributed by atoms with Crippen LogP contribution in [0.15, 0.2) is 36.7 Å². The molecule has 0 atom stereocenters. The summed E-state index contributed by atoms with van der Waals surface area (Å²) in [6, 6.07) is 7.93. The van der Waals surface area contributed by atoms with Crippen molar-refractivity contribution in [2.75, 3.05) is 6.54 Å². The maximum Gasteiger partial charge on any atom is 0.165 e. The van der Waals surface area contributed by atoms with Crippen LogP contribution in [0.1, 0.15) is 12.0 Å². The molecule has 4 nitrogen and oxygen atoms in total. The van der Waals surface area contributed by atoms with Gasteiger partial charge in [-0.05, 0) is 31.5 Å². The zero-order chi connectivity index (χ0) is 12.1. The van der Waals surface area contributed by atoms with Gasteiger partial charge in [0, 0.05) is 6.54 Å². The van der Waals surface area contributed by atoms with Crippen LogP contribution in [-0.4, -0.2) is 16.3 Å². The van der Waals surface area contributed by atoms with Crippen molar-refractivity contribution in [3.63, 3.8) is 0 Å². The number of para-hydroxylation sites is 1. The maximum absolute atomic E-state index is 5.76. The van der Waals surface area contributed by atoms with Gasteiger partial charge >= 0.3 is 0 Å². The van der Waals surface area contributed by atoms with E-state index in [9.17, 15) is 0 Å². The minimum atomic E-state index is 0.674. The Bertz CT molecular complexity index is 479. The standard InChI is InChI=1S/C13H17N3O/c1-11-5-2-3-6-13(11)17-12-9-15-16(10-12)8-4-7-14/h2-3,5-6,9-10H,4,7-8,14H2,1H3. The number of rotatable bonds is 5. The first-order valence-electron chi connectivity index (χ1n) is 5.75. The van der Waals surface area contributed by atoms with Gasteiger partial charge in [0.25, 0.3) is 0 Å². The maximum atomic E-state index is 5.76. The number of hydrogen-bond donors (Lipinski definition) is 1. The van der Waals surface area contributed by atoms with E-state index < -0.39 is 0 Å². The Morgan fingerprint density at radius 1 is 1.35 bits per heavy atom. The fraction of sp³-hybridized carbons (Fsp3) is 0.308. The molecular weight excluding hydrogens is 214 g/mol. The molecule has 90 valence electrons. The summed E-state index contributed by atoms with van der Waals surface area (Å²) in [5.74, 6) is 1.63. The number of hydrogen-bond acceptors (Lipinski definition) is 3. The molecule has 0 bridgehead atoms. The lowest BCUT2D eigenvalue weighted by molar-refractivity contribution is 0.476. The van der Waals surface area contributed by atoms with Crippen molar-refractivity contribution < 1.29 is 4.74 Å². The van der Waals surface area contributed by atoms with Crippen LogP contribution in [0.2, 0.25) is 0 Å². The number of ether oxygens (including phenoxy) is 1. The molecule has 0 amide bonds. The predicted octanol–water partition coefficient (Wildman–Crippen LogP) is 2.33. The number of nitrogens with zero attached hydrogens (tertiary/aromatic N) is 2. The lowest BCUT2D eigenvalue weighted by Crippen LogP contribution is -2.05. The monoisotopic (exact) mass is 231 g/mol. The van der Waals surface area contributed by atoms with Gasteiger partial charge in [0.2, 0.25) is 0 Å². The molecule has 2 rings (SSSR count). The second kappa shape index (κ2) is 5.50. The first-order chi connectivity index (χ1) is 8.29. The van der Waals surface area contributed by atoms with Crippen LogP contribution in [0.25, 0.3) is 0 Å². The van der Waals surface area contributed by atoms with E-state index in [1.807, 2.05) is 42.1 Å². The minimum Gasteiger partial charge on any atom is -0.454 e. The lowest BCUT2D eigenvalue weighted by atomic mass is 10.2. The normalized spacial score (nSPS) is 10.5. The Labute approximate surface area is 101 Å². The smallest absolute Gasteiger partial charge is 0.165 e. The number of benzene rings is 1. The average molecular weight is 231 g/mol. The third-order valence-electron chi connectivity index (χ3n) is 2.52. The van der Waals surface area contributed by atoms with Crippen LogP contribution in [0, 0.1) is 6.92 Å². The van der Waals surface area contributed by atoms with Crippen molar-refractivity contribution in [2.24, 2.45) is 5.73 Å². The third kappa shape index (κ3) is 3.07. The van der Waals surface area contributed by atoms with Crippen LogP contribution in [0.5, 0.6) is 11.5 Å². The van der Waals surface area contributed by atoms with E-state index in [0.29, 0.717) is 6.54 Å². The van der Waals surface area contributed by atoms with E-state index in [1.54, 1.807) is 6.20 Å². The Kier molecular flexibility index (Phi) is 3.77. The molecule has 0 aliphatic heterocycles. The van der Waals surface area contributed by atoms with Crippen LogP contribution < -0.4 is 10.5 Å². The Morgan fingerprint density at radius 2 is 2.18 bits per heavy atom. The van der Waals surface area contributed by atoms with Crippen LogP contribution in [-0.2, 0) is 6.54 Å².